The van der Waals surface area contributed by atoms with Crippen molar-refractivity contribution in [3.63, 3.8) is 0 Å². The third kappa shape index (κ3) is 3.57. The first-order valence-corrected chi connectivity index (χ1v) is 6.20. The summed E-state index contributed by atoms with van der Waals surface area (Å²) in [5.41, 5.74) is 0.988. The van der Waals surface area contributed by atoms with Crippen LogP contribution < -0.4 is 5.32 Å². The van der Waals surface area contributed by atoms with E-state index in [4.69, 9.17) is 0 Å². The quantitative estimate of drug-likeness (QED) is 0.864. The number of amides is 1. The second kappa shape index (κ2) is 5.11. The van der Waals surface area contributed by atoms with Gasteiger partial charge in [0.2, 0.25) is 0 Å². The van der Waals surface area contributed by atoms with Gasteiger partial charge in [0.25, 0.3) is 5.91 Å². The molecule has 1 aromatic rings. The summed E-state index contributed by atoms with van der Waals surface area (Å²) in [6.07, 6.45) is 0. The summed E-state index contributed by atoms with van der Waals surface area (Å²) < 4.78 is 0. The molecule has 0 unspecified atom stereocenters. The molecule has 0 aromatic heterocycles. The number of hydrogen-bond acceptors (Lipinski definition) is 2. The largest absolute Gasteiger partial charge is 0.394 e. The minimum Gasteiger partial charge on any atom is -0.394 e. The van der Waals surface area contributed by atoms with Gasteiger partial charge in [-0.05, 0) is 30.9 Å². The molecule has 0 aliphatic heterocycles. The fraction of sp³-hybridized carbons (Fsp3) is 0.533. The molecule has 0 saturated heterocycles. The summed E-state index contributed by atoms with van der Waals surface area (Å²) in [6.45, 7) is 9.74. The number of carbonyl (C=O) groups excluding carboxylic acids is 1. The normalized spacial score (nSPS) is 12.3. The molecule has 2 N–H and O–H groups in total. The SMILES string of the molecule is CC(C)(CO)NC(=O)c1ccccc1C(C)(C)C. The van der Waals surface area contributed by atoms with Crippen molar-refractivity contribution in [2.45, 2.75) is 45.6 Å². The zero-order valence-corrected chi connectivity index (χ0v) is 11.9. The third-order valence-corrected chi connectivity index (χ3v) is 2.83. The summed E-state index contributed by atoms with van der Waals surface area (Å²) in [4.78, 5) is 12.3. The fourth-order valence-electron chi connectivity index (χ4n) is 1.75. The average Bonchev–Trinajstić information content (AvgIpc) is 2.27. The Kier molecular flexibility index (Phi) is 4.17. The van der Waals surface area contributed by atoms with E-state index >= 15 is 0 Å². The molecule has 3 heteroatoms. The predicted octanol–water partition coefficient (Wildman–Crippen LogP) is 2.48. The van der Waals surface area contributed by atoms with Crippen LogP contribution in [-0.2, 0) is 5.41 Å². The van der Waals surface area contributed by atoms with Crippen LogP contribution in [0.15, 0.2) is 24.3 Å². The molecule has 0 heterocycles. The van der Waals surface area contributed by atoms with E-state index in [1.54, 1.807) is 13.8 Å². The Labute approximate surface area is 109 Å². The molecule has 18 heavy (non-hydrogen) atoms. The molecule has 0 radical (unpaired) electrons. The van der Waals surface area contributed by atoms with Gasteiger partial charge in [-0.2, -0.15) is 0 Å². The third-order valence-electron chi connectivity index (χ3n) is 2.83. The first-order chi connectivity index (χ1) is 8.17. The van der Waals surface area contributed by atoms with E-state index in [9.17, 15) is 9.90 Å². The Balaban J connectivity index is 3.07. The van der Waals surface area contributed by atoms with Gasteiger partial charge in [-0.25, -0.2) is 0 Å². The van der Waals surface area contributed by atoms with Crippen molar-refractivity contribution in [3.8, 4) is 0 Å². The van der Waals surface area contributed by atoms with Gasteiger partial charge in [0.15, 0.2) is 0 Å². The van der Waals surface area contributed by atoms with Gasteiger partial charge in [-0.1, -0.05) is 39.0 Å². The van der Waals surface area contributed by atoms with Gasteiger partial charge >= 0.3 is 0 Å². The van der Waals surface area contributed by atoms with Gasteiger partial charge in [0, 0.05) is 5.56 Å². The first kappa shape index (κ1) is 14.7. The van der Waals surface area contributed by atoms with Crippen LogP contribution in [0.3, 0.4) is 0 Å². The number of benzene rings is 1. The highest BCUT2D eigenvalue weighted by Gasteiger charge is 2.25. The number of nitrogens with one attached hydrogen (secondary N) is 1. The second-order valence-corrected chi connectivity index (χ2v) is 6.29. The highest BCUT2D eigenvalue weighted by molar-refractivity contribution is 5.96. The van der Waals surface area contributed by atoms with Crippen LogP contribution >= 0.6 is 0 Å². The molecule has 1 rings (SSSR count). The van der Waals surface area contributed by atoms with Crippen LogP contribution in [-0.4, -0.2) is 23.2 Å². The van der Waals surface area contributed by atoms with Crippen molar-refractivity contribution in [3.05, 3.63) is 35.4 Å². The zero-order valence-electron chi connectivity index (χ0n) is 11.9. The lowest BCUT2D eigenvalue weighted by Crippen LogP contribution is -2.46. The molecule has 3 nitrogen and oxygen atoms in total. The van der Waals surface area contributed by atoms with E-state index in [-0.39, 0.29) is 17.9 Å². The Morgan fingerprint density at radius 1 is 1.17 bits per heavy atom. The number of carbonyl (C=O) groups is 1. The van der Waals surface area contributed by atoms with Crippen molar-refractivity contribution >= 4 is 5.91 Å². The standard InChI is InChI=1S/C15H23NO2/c1-14(2,3)12-9-7-6-8-11(12)13(18)16-15(4,5)10-17/h6-9,17H,10H2,1-5H3,(H,16,18). The Morgan fingerprint density at radius 2 is 1.72 bits per heavy atom. The lowest BCUT2D eigenvalue weighted by atomic mass is 9.83. The van der Waals surface area contributed by atoms with Crippen LogP contribution in [0.5, 0.6) is 0 Å². The van der Waals surface area contributed by atoms with Crippen LogP contribution in [0.2, 0.25) is 0 Å². The summed E-state index contributed by atoms with van der Waals surface area (Å²) in [5, 5.41) is 12.1. The Morgan fingerprint density at radius 3 is 2.22 bits per heavy atom. The van der Waals surface area contributed by atoms with Crippen LogP contribution in [0, 0.1) is 0 Å². The van der Waals surface area contributed by atoms with Gasteiger partial charge < -0.3 is 10.4 Å². The van der Waals surface area contributed by atoms with Gasteiger partial charge in [-0.15, -0.1) is 0 Å². The monoisotopic (exact) mass is 249 g/mol. The van der Waals surface area contributed by atoms with Crippen LogP contribution in [0.25, 0.3) is 0 Å². The Hall–Kier alpha value is -1.35. The van der Waals surface area contributed by atoms with E-state index in [0.717, 1.165) is 5.56 Å². The van der Waals surface area contributed by atoms with Crippen molar-refractivity contribution < 1.29 is 9.90 Å². The maximum Gasteiger partial charge on any atom is 0.252 e. The number of aliphatic hydroxyl groups is 1. The summed E-state index contributed by atoms with van der Waals surface area (Å²) in [5.74, 6) is -0.139. The van der Waals surface area contributed by atoms with E-state index in [1.165, 1.54) is 0 Å². The van der Waals surface area contributed by atoms with Gasteiger partial charge in [0.05, 0.1) is 12.1 Å². The lowest BCUT2D eigenvalue weighted by molar-refractivity contribution is 0.0867. The summed E-state index contributed by atoms with van der Waals surface area (Å²) in [7, 11) is 0. The van der Waals surface area contributed by atoms with Gasteiger partial charge in [-0.3, -0.25) is 4.79 Å². The van der Waals surface area contributed by atoms with Crippen molar-refractivity contribution in [1.29, 1.82) is 0 Å². The molecule has 100 valence electrons. The number of rotatable bonds is 3. The Bertz CT molecular complexity index is 430. The highest BCUT2D eigenvalue weighted by Crippen LogP contribution is 2.25. The second-order valence-electron chi connectivity index (χ2n) is 6.29. The van der Waals surface area contributed by atoms with E-state index < -0.39 is 5.54 Å². The van der Waals surface area contributed by atoms with E-state index in [1.807, 2.05) is 24.3 Å². The summed E-state index contributed by atoms with van der Waals surface area (Å²) in [6, 6.07) is 7.59. The maximum atomic E-state index is 12.3. The molecule has 1 amide bonds. The topological polar surface area (TPSA) is 49.3 Å². The average molecular weight is 249 g/mol. The maximum absolute atomic E-state index is 12.3. The van der Waals surface area contributed by atoms with Crippen molar-refractivity contribution in [2.75, 3.05) is 6.61 Å². The lowest BCUT2D eigenvalue weighted by Gasteiger charge is -2.27. The van der Waals surface area contributed by atoms with Crippen molar-refractivity contribution in [2.24, 2.45) is 0 Å². The highest BCUT2D eigenvalue weighted by atomic mass is 16.3. The molecule has 0 spiro atoms. The van der Waals surface area contributed by atoms with E-state index in [2.05, 4.69) is 26.1 Å². The zero-order chi connectivity index (χ0) is 14.0. The van der Waals surface area contributed by atoms with Gasteiger partial charge in [0.1, 0.15) is 0 Å². The first-order valence-electron chi connectivity index (χ1n) is 6.20. The minimum absolute atomic E-state index is 0.0860. The summed E-state index contributed by atoms with van der Waals surface area (Å²) >= 11 is 0. The molecular formula is C15H23NO2. The molecular weight excluding hydrogens is 226 g/mol. The molecule has 0 bridgehead atoms. The number of hydrogen-bond donors (Lipinski definition) is 2. The van der Waals surface area contributed by atoms with Crippen LogP contribution in [0.4, 0.5) is 0 Å². The molecule has 0 saturated carbocycles. The molecule has 0 fully saturated rings. The minimum atomic E-state index is -0.609. The van der Waals surface area contributed by atoms with Crippen LogP contribution in [0.1, 0.15) is 50.5 Å². The van der Waals surface area contributed by atoms with E-state index in [0.29, 0.717) is 5.56 Å². The predicted molar refractivity (Wildman–Crippen MR) is 73.8 cm³/mol. The molecule has 1 aromatic carbocycles. The molecule has 0 atom stereocenters. The smallest absolute Gasteiger partial charge is 0.252 e. The number of aliphatic hydroxyl groups excluding tert-OH is 1. The molecule has 0 aliphatic rings. The molecule has 0 aliphatic carbocycles. The fourth-order valence-corrected chi connectivity index (χ4v) is 1.75. The van der Waals surface area contributed by atoms with Crippen molar-refractivity contribution in [1.82, 2.24) is 5.32 Å².